The number of halogens is 1. The molecule has 1 aliphatic rings. The molecule has 1 fully saturated rings. The van der Waals surface area contributed by atoms with Crippen molar-refractivity contribution in [1.82, 2.24) is 0 Å². The summed E-state index contributed by atoms with van der Waals surface area (Å²) in [7, 11) is 0. The minimum atomic E-state index is -0.781. The fourth-order valence-corrected chi connectivity index (χ4v) is 2.79. The van der Waals surface area contributed by atoms with Gasteiger partial charge in [-0.2, -0.15) is 0 Å². The van der Waals surface area contributed by atoms with Crippen molar-refractivity contribution in [3.8, 4) is 0 Å². The number of carbonyl (C=O) groups is 1. The molecule has 110 valence electrons. The minimum absolute atomic E-state index is 0.280. The number of nitrogens with two attached hydrogens (primary N) is 1. The summed E-state index contributed by atoms with van der Waals surface area (Å²) in [5.41, 5.74) is 6.31. The highest BCUT2D eigenvalue weighted by molar-refractivity contribution is 6.34. The molecule has 0 saturated carbocycles. The molecule has 1 aromatic rings. The number of β-amino-alcohol motifs (C(OH)–C–C–N with tert-alkyl or cyclic N) is 1. The largest absolute Gasteiger partial charge is 0.462 e. The van der Waals surface area contributed by atoms with Gasteiger partial charge in [0, 0.05) is 18.8 Å². The molecule has 0 amide bonds. The third kappa shape index (κ3) is 2.99. The van der Waals surface area contributed by atoms with Crippen LogP contribution in [0.1, 0.15) is 30.6 Å². The Morgan fingerprint density at radius 1 is 1.60 bits per heavy atom. The lowest BCUT2D eigenvalue weighted by Crippen LogP contribution is -2.30. The standard InChI is InChI=1S/C14H19ClN2O3/c1-3-20-13(18)10-6-9(16)7-11(15)12(10)17-5-4-14(2,19)8-17/h6-7,19H,3-5,8,16H2,1-2H3. The summed E-state index contributed by atoms with van der Waals surface area (Å²) < 4.78 is 5.05. The molecule has 0 bridgehead atoms. The van der Waals surface area contributed by atoms with E-state index in [4.69, 9.17) is 22.1 Å². The van der Waals surface area contributed by atoms with E-state index in [1.807, 2.05) is 4.90 Å². The van der Waals surface area contributed by atoms with E-state index in [1.54, 1.807) is 26.0 Å². The number of esters is 1. The lowest BCUT2D eigenvalue weighted by molar-refractivity contribution is 0.0526. The second-order valence-corrected chi connectivity index (χ2v) is 5.70. The summed E-state index contributed by atoms with van der Waals surface area (Å²) in [4.78, 5) is 14.0. The van der Waals surface area contributed by atoms with Crippen LogP contribution in [0.5, 0.6) is 0 Å². The summed E-state index contributed by atoms with van der Waals surface area (Å²) in [6.07, 6.45) is 0.621. The zero-order valence-electron chi connectivity index (χ0n) is 11.6. The highest BCUT2D eigenvalue weighted by atomic mass is 35.5. The van der Waals surface area contributed by atoms with Gasteiger partial charge in [-0.3, -0.25) is 0 Å². The molecule has 3 N–H and O–H groups in total. The van der Waals surface area contributed by atoms with Gasteiger partial charge in [-0.1, -0.05) is 11.6 Å². The molecular formula is C14H19ClN2O3. The quantitative estimate of drug-likeness (QED) is 0.660. The highest BCUT2D eigenvalue weighted by Gasteiger charge is 2.34. The molecule has 1 unspecified atom stereocenters. The van der Waals surface area contributed by atoms with Crippen LogP contribution in [0.3, 0.4) is 0 Å². The van der Waals surface area contributed by atoms with Crippen LogP contribution in [-0.2, 0) is 4.74 Å². The van der Waals surface area contributed by atoms with Crippen molar-refractivity contribution in [3.63, 3.8) is 0 Å². The highest BCUT2D eigenvalue weighted by Crippen LogP contribution is 2.37. The molecular weight excluding hydrogens is 280 g/mol. The first-order chi connectivity index (χ1) is 9.34. The number of rotatable bonds is 3. The van der Waals surface area contributed by atoms with Gasteiger partial charge in [-0.25, -0.2) is 4.79 Å². The lowest BCUT2D eigenvalue weighted by atomic mass is 10.1. The first-order valence-electron chi connectivity index (χ1n) is 6.57. The molecule has 6 heteroatoms. The summed E-state index contributed by atoms with van der Waals surface area (Å²) in [6, 6.07) is 3.17. The number of hydrogen-bond acceptors (Lipinski definition) is 5. The predicted molar refractivity (Wildman–Crippen MR) is 79.3 cm³/mol. The average Bonchev–Trinajstić information content (AvgIpc) is 2.68. The first kappa shape index (κ1) is 14.9. The number of ether oxygens (including phenoxy) is 1. The molecule has 0 radical (unpaired) electrons. The number of aliphatic hydroxyl groups is 1. The van der Waals surface area contributed by atoms with E-state index in [2.05, 4.69) is 0 Å². The van der Waals surface area contributed by atoms with E-state index in [0.29, 0.717) is 41.5 Å². The van der Waals surface area contributed by atoms with E-state index in [1.165, 1.54) is 0 Å². The zero-order chi connectivity index (χ0) is 14.9. The van der Waals surface area contributed by atoms with Gasteiger partial charge in [0.05, 0.1) is 28.5 Å². The van der Waals surface area contributed by atoms with Crippen molar-refractivity contribution in [3.05, 3.63) is 22.7 Å². The van der Waals surface area contributed by atoms with Gasteiger partial charge >= 0.3 is 5.97 Å². The van der Waals surface area contributed by atoms with Crippen molar-refractivity contribution < 1.29 is 14.6 Å². The fraction of sp³-hybridized carbons (Fsp3) is 0.500. The van der Waals surface area contributed by atoms with Crippen LogP contribution in [0, 0.1) is 0 Å². The van der Waals surface area contributed by atoms with Gasteiger partial charge in [-0.15, -0.1) is 0 Å². The third-order valence-electron chi connectivity index (χ3n) is 3.35. The molecule has 1 atom stereocenters. The number of carbonyl (C=O) groups excluding carboxylic acids is 1. The molecule has 0 spiro atoms. The van der Waals surface area contributed by atoms with Crippen molar-refractivity contribution in [2.24, 2.45) is 0 Å². The SMILES string of the molecule is CCOC(=O)c1cc(N)cc(Cl)c1N1CCC(C)(O)C1. The van der Waals surface area contributed by atoms with Gasteiger partial charge in [0.2, 0.25) is 0 Å². The molecule has 1 heterocycles. The van der Waals surface area contributed by atoms with E-state index in [9.17, 15) is 9.90 Å². The first-order valence-corrected chi connectivity index (χ1v) is 6.95. The Labute approximate surface area is 123 Å². The van der Waals surface area contributed by atoms with Crippen LogP contribution >= 0.6 is 11.6 Å². The number of nitrogens with zero attached hydrogens (tertiary/aromatic N) is 1. The molecule has 2 rings (SSSR count). The molecule has 5 nitrogen and oxygen atoms in total. The minimum Gasteiger partial charge on any atom is -0.462 e. The zero-order valence-corrected chi connectivity index (χ0v) is 12.4. The normalized spacial score (nSPS) is 22.1. The van der Waals surface area contributed by atoms with Crippen molar-refractivity contribution >= 4 is 28.9 Å². The molecule has 0 aliphatic carbocycles. The van der Waals surface area contributed by atoms with Crippen LogP contribution in [0.4, 0.5) is 11.4 Å². The topological polar surface area (TPSA) is 75.8 Å². The van der Waals surface area contributed by atoms with Crippen molar-refractivity contribution in [1.29, 1.82) is 0 Å². The smallest absolute Gasteiger partial charge is 0.340 e. The Bertz CT molecular complexity index is 531. The maximum Gasteiger partial charge on any atom is 0.340 e. The maximum atomic E-state index is 12.1. The van der Waals surface area contributed by atoms with Gasteiger partial charge in [0.25, 0.3) is 0 Å². The van der Waals surface area contributed by atoms with Crippen LogP contribution in [-0.4, -0.2) is 36.4 Å². The summed E-state index contributed by atoms with van der Waals surface area (Å²) in [5.74, 6) is -0.455. The second-order valence-electron chi connectivity index (χ2n) is 5.29. The number of nitrogen functional groups attached to an aromatic ring is 1. The van der Waals surface area contributed by atoms with Crippen LogP contribution in [0.25, 0.3) is 0 Å². The molecule has 1 aromatic carbocycles. The molecule has 20 heavy (non-hydrogen) atoms. The Kier molecular flexibility index (Phi) is 4.11. The molecule has 1 saturated heterocycles. The van der Waals surface area contributed by atoms with E-state index in [0.717, 1.165) is 0 Å². The Balaban J connectivity index is 2.43. The lowest BCUT2D eigenvalue weighted by Gasteiger charge is -2.24. The van der Waals surface area contributed by atoms with Crippen molar-refractivity contribution in [2.75, 3.05) is 30.3 Å². The molecule has 1 aliphatic heterocycles. The second kappa shape index (κ2) is 5.50. The Morgan fingerprint density at radius 2 is 2.30 bits per heavy atom. The third-order valence-corrected chi connectivity index (χ3v) is 3.64. The number of benzene rings is 1. The van der Waals surface area contributed by atoms with Gasteiger partial charge in [-0.05, 0) is 32.4 Å². The van der Waals surface area contributed by atoms with E-state index >= 15 is 0 Å². The molecule has 0 aromatic heterocycles. The van der Waals surface area contributed by atoms with Gasteiger partial charge < -0.3 is 20.5 Å². The van der Waals surface area contributed by atoms with E-state index < -0.39 is 11.6 Å². The van der Waals surface area contributed by atoms with Gasteiger partial charge in [0.15, 0.2) is 0 Å². The van der Waals surface area contributed by atoms with Crippen LogP contribution < -0.4 is 10.6 Å². The Hall–Kier alpha value is -1.46. The summed E-state index contributed by atoms with van der Waals surface area (Å²) in [6.45, 7) is 4.84. The maximum absolute atomic E-state index is 12.1. The monoisotopic (exact) mass is 298 g/mol. The fourth-order valence-electron chi connectivity index (χ4n) is 2.44. The van der Waals surface area contributed by atoms with Crippen LogP contribution in [0.15, 0.2) is 12.1 Å². The van der Waals surface area contributed by atoms with Gasteiger partial charge in [0.1, 0.15) is 0 Å². The average molecular weight is 299 g/mol. The van der Waals surface area contributed by atoms with Crippen molar-refractivity contribution in [2.45, 2.75) is 25.9 Å². The number of anilines is 2. The summed E-state index contributed by atoms with van der Waals surface area (Å²) >= 11 is 6.24. The number of hydrogen-bond donors (Lipinski definition) is 2. The summed E-state index contributed by atoms with van der Waals surface area (Å²) in [5, 5.41) is 10.5. The van der Waals surface area contributed by atoms with E-state index in [-0.39, 0.29) is 6.61 Å². The van der Waals surface area contributed by atoms with Crippen LogP contribution in [0.2, 0.25) is 5.02 Å². The predicted octanol–water partition coefficient (Wildman–Crippen LogP) is 2.06. The Morgan fingerprint density at radius 3 is 2.85 bits per heavy atom.